The van der Waals surface area contributed by atoms with Crippen LogP contribution >= 0.6 is 0 Å². The van der Waals surface area contributed by atoms with E-state index in [1.165, 1.54) is 19.2 Å². The van der Waals surface area contributed by atoms with Crippen molar-refractivity contribution >= 4 is 5.78 Å². The molecule has 0 radical (unpaired) electrons. The second kappa shape index (κ2) is 5.71. The normalized spacial score (nSPS) is 10.7. The number of halogens is 1. The van der Waals surface area contributed by atoms with Crippen molar-refractivity contribution in [3.8, 4) is 11.4 Å². The van der Waals surface area contributed by atoms with Crippen molar-refractivity contribution in [2.75, 3.05) is 13.7 Å². The Hall–Kier alpha value is -2.08. The average Bonchev–Trinajstić information content (AvgIpc) is 2.77. The van der Waals surface area contributed by atoms with Crippen LogP contribution in [0.5, 0.6) is 0 Å². The van der Waals surface area contributed by atoms with E-state index in [1.54, 1.807) is 13.0 Å². The van der Waals surface area contributed by atoms with E-state index in [0.717, 1.165) is 0 Å². The number of ether oxygens (including phenoxy) is 1. The molecule has 0 aliphatic rings. The summed E-state index contributed by atoms with van der Waals surface area (Å²) in [7, 11) is 1.44. The van der Waals surface area contributed by atoms with Crippen LogP contribution in [0.3, 0.4) is 0 Å². The zero-order valence-corrected chi connectivity index (χ0v) is 10.6. The topological polar surface area (TPSA) is 65.2 Å². The molecule has 1 heterocycles. The average molecular weight is 264 g/mol. The van der Waals surface area contributed by atoms with Crippen LogP contribution in [-0.4, -0.2) is 29.6 Å². The Bertz CT molecular complexity index is 595. The van der Waals surface area contributed by atoms with Crippen molar-refractivity contribution in [2.24, 2.45) is 0 Å². The molecular formula is C13H13FN2O3. The maximum Gasteiger partial charge on any atom is 0.234 e. The van der Waals surface area contributed by atoms with Gasteiger partial charge in [0.25, 0.3) is 0 Å². The van der Waals surface area contributed by atoms with Gasteiger partial charge >= 0.3 is 0 Å². The molecule has 0 saturated heterocycles. The molecule has 0 atom stereocenters. The lowest BCUT2D eigenvalue weighted by Crippen LogP contribution is -2.09. The second-order valence-corrected chi connectivity index (χ2v) is 4.12. The lowest BCUT2D eigenvalue weighted by Gasteiger charge is -1.99. The predicted molar refractivity (Wildman–Crippen MR) is 65.0 cm³/mol. The molecule has 0 aliphatic heterocycles. The van der Waals surface area contributed by atoms with E-state index in [0.29, 0.717) is 17.0 Å². The number of benzene rings is 1. The molecule has 1 aromatic heterocycles. The Morgan fingerprint density at radius 1 is 1.47 bits per heavy atom. The lowest BCUT2D eigenvalue weighted by molar-refractivity contribution is -0.122. The summed E-state index contributed by atoms with van der Waals surface area (Å²) >= 11 is 0. The number of rotatable bonds is 5. The summed E-state index contributed by atoms with van der Waals surface area (Å²) in [5, 5.41) is 3.79. The molecule has 0 bridgehead atoms. The van der Waals surface area contributed by atoms with Crippen LogP contribution < -0.4 is 0 Å². The van der Waals surface area contributed by atoms with E-state index >= 15 is 0 Å². The molecule has 0 amide bonds. The quantitative estimate of drug-likeness (QED) is 0.825. The zero-order valence-electron chi connectivity index (χ0n) is 10.6. The van der Waals surface area contributed by atoms with Crippen LogP contribution in [0.25, 0.3) is 11.4 Å². The molecule has 0 N–H and O–H groups in total. The molecule has 0 unspecified atom stereocenters. The van der Waals surface area contributed by atoms with E-state index < -0.39 is 0 Å². The molecule has 2 rings (SSSR count). The van der Waals surface area contributed by atoms with E-state index in [9.17, 15) is 9.18 Å². The van der Waals surface area contributed by atoms with Gasteiger partial charge in [0.2, 0.25) is 11.7 Å². The molecule has 5 nitrogen and oxygen atoms in total. The van der Waals surface area contributed by atoms with Crippen molar-refractivity contribution in [1.29, 1.82) is 0 Å². The molecule has 0 saturated carbocycles. The number of carbonyl (C=O) groups excluding carboxylic acids is 1. The molecule has 0 fully saturated rings. The van der Waals surface area contributed by atoms with Gasteiger partial charge in [-0.05, 0) is 30.7 Å². The lowest BCUT2D eigenvalue weighted by atomic mass is 10.1. The SMILES string of the molecule is COCC(=O)Cc1nc(-c2ccc(F)cc2C)no1. The van der Waals surface area contributed by atoms with Gasteiger partial charge in [-0.3, -0.25) is 4.79 Å². The third-order valence-corrected chi connectivity index (χ3v) is 2.55. The first kappa shape index (κ1) is 13.4. The van der Waals surface area contributed by atoms with Crippen molar-refractivity contribution in [2.45, 2.75) is 13.3 Å². The van der Waals surface area contributed by atoms with Crippen LogP contribution in [0.15, 0.2) is 22.7 Å². The molecule has 0 aliphatic carbocycles. The predicted octanol–water partition coefficient (Wildman–Crippen LogP) is 1.94. The maximum absolute atomic E-state index is 13.0. The third-order valence-electron chi connectivity index (χ3n) is 2.55. The fourth-order valence-corrected chi connectivity index (χ4v) is 1.69. The van der Waals surface area contributed by atoms with E-state index in [-0.39, 0.29) is 30.5 Å². The minimum atomic E-state index is -0.319. The number of methoxy groups -OCH3 is 1. The summed E-state index contributed by atoms with van der Waals surface area (Å²) in [5.74, 6) is 0.104. The largest absolute Gasteiger partial charge is 0.377 e. The number of Topliss-reactive ketones (excluding diaryl/α,β-unsaturated/α-hetero) is 1. The Labute approximate surface area is 109 Å². The summed E-state index contributed by atoms with van der Waals surface area (Å²) < 4.78 is 22.7. The molecule has 100 valence electrons. The highest BCUT2D eigenvalue weighted by molar-refractivity contribution is 5.81. The number of ketones is 1. The summed E-state index contributed by atoms with van der Waals surface area (Å²) in [5.41, 5.74) is 1.38. The second-order valence-electron chi connectivity index (χ2n) is 4.12. The van der Waals surface area contributed by atoms with E-state index in [1.807, 2.05) is 0 Å². The van der Waals surface area contributed by atoms with Crippen LogP contribution in [0.1, 0.15) is 11.5 Å². The Morgan fingerprint density at radius 3 is 2.95 bits per heavy atom. The fraction of sp³-hybridized carbons (Fsp3) is 0.308. The van der Waals surface area contributed by atoms with Crippen LogP contribution in [0.2, 0.25) is 0 Å². The minimum Gasteiger partial charge on any atom is -0.377 e. The third kappa shape index (κ3) is 3.23. The van der Waals surface area contributed by atoms with Gasteiger partial charge in [-0.2, -0.15) is 4.98 Å². The summed E-state index contributed by atoms with van der Waals surface area (Å²) in [6.45, 7) is 1.76. The fourth-order valence-electron chi connectivity index (χ4n) is 1.69. The highest BCUT2D eigenvalue weighted by atomic mass is 19.1. The van der Waals surface area contributed by atoms with Crippen LogP contribution in [0, 0.1) is 12.7 Å². The number of aromatic nitrogens is 2. The van der Waals surface area contributed by atoms with E-state index in [2.05, 4.69) is 10.1 Å². The smallest absolute Gasteiger partial charge is 0.234 e. The first-order valence-corrected chi connectivity index (χ1v) is 5.70. The first-order valence-electron chi connectivity index (χ1n) is 5.70. The van der Waals surface area contributed by atoms with Gasteiger partial charge in [-0.1, -0.05) is 5.16 Å². The number of hydrogen-bond acceptors (Lipinski definition) is 5. The minimum absolute atomic E-state index is 0.00723. The van der Waals surface area contributed by atoms with Gasteiger partial charge in [0.1, 0.15) is 12.4 Å². The summed E-state index contributed by atoms with van der Waals surface area (Å²) in [6, 6.07) is 4.30. The van der Waals surface area contributed by atoms with Crippen LogP contribution in [-0.2, 0) is 16.0 Å². The zero-order chi connectivity index (χ0) is 13.8. The molecule has 6 heteroatoms. The first-order chi connectivity index (χ1) is 9.10. The molecular weight excluding hydrogens is 251 g/mol. The van der Waals surface area contributed by atoms with E-state index in [4.69, 9.17) is 9.26 Å². The van der Waals surface area contributed by atoms with Crippen molar-refractivity contribution in [3.63, 3.8) is 0 Å². The molecule has 0 spiro atoms. The Kier molecular flexibility index (Phi) is 4.01. The Morgan fingerprint density at radius 2 is 2.26 bits per heavy atom. The van der Waals surface area contributed by atoms with Crippen molar-refractivity contribution < 1.29 is 18.4 Å². The van der Waals surface area contributed by atoms with Crippen molar-refractivity contribution in [1.82, 2.24) is 10.1 Å². The number of nitrogens with zero attached hydrogens (tertiary/aromatic N) is 2. The van der Waals surface area contributed by atoms with Gasteiger partial charge in [-0.25, -0.2) is 4.39 Å². The maximum atomic E-state index is 13.0. The van der Waals surface area contributed by atoms with Gasteiger partial charge in [0.05, 0.1) is 6.42 Å². The number of carbonyl (C=O) groups is 1. The standard InChI is InChI=1S/C13H13FN2O3/c1-8-5-9(14)3-4-11(8)13-15-12(19-16-13)6-10(17)7-18-2/h3-5H,6-7H2,1-2H3. The van der Waals surface area contributed by atoms with Crippen molar-refractivity contribution in [3.05, 3.63) is 35.5 Å². The van der Waals surface area contributed by atoms with Gasteiger partial charge in [-0.15, -0.1) is 0 Å². The van der Waals surface area contributed by atoms with Gasteiger partial charge in [0, 0.05) is 12.7 Å². The van der Waals surface area contributed by atoms with Gasteiger partial charge < -0.3 is 9.26 Å². The van der Waals surface area contributed by atoms with Crippen LogP contribution in [0.4, 0.5) is 4.39 Å². The molecule has 19 heavy (non-hydrogen) atoms. The number of hydrogen-bond donors (Lipinski definition) is 0. The highest BCUT2D eigenvalue weighted by Crippen LogP contribution is 2.21. The highest BCUT2D eigenvalue weighted by Gasteiger charge is 2.14. The summed E-state index contributed by atoms with van der Waals surface area (Å²) in [4.78, 5) is 15.5. The van der Waals surface area contributed by atoms with Gasteiger partial charge in [0.15, 0.2) is 5.78 Å². The molecule has 2 aromatic rings. The summed E-state index contributed by atoms with van der Waals surface area (Å²) in [6.07, 6.45) is 0.0289. The Balaban J connectivity index is 2.18. The number of aryl methyl sites for hydroxylation is 1. The molecule has 1 aromatic carbocycles. The monoisotopic (exact) mass is 264 g/mol.